The Bertz CT molecular complexity index is 1140. The molecule has 2 aromatic heterocycles. The largest absolute Gasteiger partial charge is 0.469 e. The highest BCUT2D eigenvalue weighted by atomic mass is 31.2. The fourth-order valence-electron chi connectivity index (χ4n) is 3.25. The van der Waals surface area contributed by atoms with Gasteiger partial charge in [0, 0.05) is 6.42 Å². The number of nitrogens with one attached hydrogen (secondary N) is 1. The Morgan fingerprint density at radius 2 is 2.03 bits per heavy atom. The minimum atomic E-state index is -4.66. The lowest BCUT2D eigenvalue weighted by atomic mass is 10.2. The number of nitrogens with zero attached hydrogens (tertiary/aromatic N) is 4. The number of phosphoric acid groups is 1. The number of aliphatic hydroxyl groups is 1. The van der Waals surface area contributed by atoms with Crippen LogP contribution in [-0.4, -0.2) is 59.3 Å². The maximum Gasteiger partial charge on any atom is 0.469 e. The molecule has 0 spiro atoms. The first kappa shape index (κ1) is 22.3. The van der Waals surface area contributed by atoms with Crippen LogP contribution >= 0.6 is 7.82 Å². The molecule has 1 saturated heterocycles. The molecule has 1 aliphatic heterocycles. The van der Waals surface area contributed by atoms with Gasteiger partial charge in [-0.25, -0.2) is 24.3 Å². The van der Waals surface area contributed by atoms with Crippen LogP contribution in [0.15, 0.2) is 43.0 Å². The Morgan fingerprint density at radius 1 is 1.25 bits per heavy atom. The maximum atomic E-state index is 12.2. The highest BCUT2D eigenvalue weighted by molar-refractivity contribution is 7.46. The summed E-state index contributed by atoms with van der Waals surface area (Å²) in [5.41, 5.74) is 1.35. The molecule has 32 heavy (non-hydrogen) atoms. The molecule has 14 heteroatoms. The molecular weight excluding hydrogens is 445 g/mol. The lowest BCUT2D eigenvalue weighted by Crippen LogP contribution is -2.19. The second-order valence-electron chi connectivity index (χ2n) is 6.97. The molecule has 0 unspecified atom stereocenters. The number of aliphatic hydroxyl groups excluding tert-OH is 1. The molecule has 0 saturated carbocycles. The first-order valence-electron chi connectivity index (χ1n) is 9.49. The fraction of sp³-hybridized carbons (Fsp3) is 0.333. The summed E-state index contributed by atoms with van der Waals surface area (Å²) < 4.78 is 27.6. The van der Waals surface area contributed by atoms with Crippen molar-refractivity contribution >= 4 is 30.9 Å². The number of anilines is 1. The number of ether oxygens (including phenoxy) is 2. The molecule has 1 aliphatic rings. The maximum absolute atomic E-state index is 12.2. The summed E-state index contributed by atoms with van der Waals surface area (Å²) in [6.45, 7) is -0.310. The van der Waals surface area contributed by atoms with Crippen molar-refractivity contribution in [2.75, 3.05) is 11.9 Å². The normalized spacial score (nSPS) is 21.0. The Kier molecular flexibility index (Phi) is 6.46. The standard InChI is InChI=1S/C18H20N5O8P/c24-13-6-12(8-30-32(26,27)28)31-17(13)23-10-21-14-15(19-9-20-16(14)23)22-18(25)29-7-11-4-2-1-3-5-11/h1-5,9-10,12-13,17,24H,6-8H2,(H2,26,27,28)(H,19,20,22,25)/t12-,13-,17+/m0/s1. The Morgan fingerprint density at radius 3 is 2.78 bits per heavy atom. The fourth-order valence-corrected chi connectivity index (χ4v) is 3.61. The van der Waals surface area contributed by atoms with Crippen LogP contribution in [-0.2, 0) is 25.2 Å². The summed E-state index contributed by atoms with van der Waals surface area (Å²) >= 11 is 0. The molecule has 0 aliphatic carbocycles. The van der Waals surface area contributed by atoms with E-state index in [9.17, 15) is 14.5 Å². The highest BCUT2D eigenvalue weighted by Gasteiger charge is 2.37. The number of fused-ring (bicyclic) bond motifs is 1. The summed E-state index contributed by atoms with van der Waals surface area (Å²) in [6, 6.07) is 9.17. The van der Waals surface area contributed by atoms with E-state index in [1.54, 1.807) is 0 Å². The topological polar surface area (TPSA) is 178 Å². The number of carbonyl (C=O) groups excluding carboxylic acids is 1. The third kappa shape index (κ3) is 5.27. The second-order valence-corrected chi connectivity index (χ2v) is 8.21. The van der Waals surface area contributed by atoms with Gasteiger partial charge in [0.25, 0.3) is 0 Å². The van der Waals surface area contributed by atoms with Gasteiger partial charge in [-0.05, 0) is 5.56 Å². The van der Waals surface area contributed by atoms with E-state index < -0.39 is 32.4 Å². The average Bonchev–Trinajstić information content (AvgIpc) is 3.35. The van der Waals surface area contributed by atoms with E-state index in [1.807, 2.05) is 30.3 Å². The molecule has 1 aromatic carbocycles. The molecule has 3 heterocycles. The minimum absolute atomic E-state index is 0.0789. The number of aromatic nitrogens is 4. The Hall–Kier alpha value is -2.93. The van der Waals surface area contributed by atoms with Crippen LogP contribution in [0, 0.1) is 0 Å². The second kappa shape index (κ2) is 9.28. The Balaban J connectivity index is 1.45. The van der Waals surface area contributed by atoms with Gasteiger partial charge in [-0.1, -0.05) is 30.3 Å². The molecule has 3 atom stereocenters. The molecule has 3 aromatic rings. The summed E-state index contributed by atoms with van der Waals surface area (Å²) in [5.74, 6) is 0.112. The summed E-state index contributed by atoms with van der Waals surface area (Å²) in [5, 5.41) is 12.9. The molecule has 170 valence electrons. The zero-order valence-electron chi connectivity index (χ0n) is 16.5. The smallest absolute Gasteiger partial charge is 0.444 e. The van der Waals surface area contributed by atoms with Gasteiger partial charge in [0.1, 0.15) is 19.0 Å². The van der Waals surface area contributed by atoms with Crippen LogP contribution in [0.2, 0.25) is 0 Å². The van der Waals surface area contributed by atoms with Crippen molar-refractivity contribution in [3.63, 3.8) is 0 Å². The predicted octanol–water partition coefficient (Wildman–Crippen LogP) is 1.33. The van der Waals surface area contributed by atoms with Gasteiger partial charge in [0.2, 0.25) is 0 Å². The molecule has 0 bridgehead atoms. The average molecular weight is 465 g/mol. The van der Waals surface area contributed by atoms with Crippen LogP contribution in [0.3, 0.4) is 0 Å². The van der Waals surface area contributed by atoms with Crippen molar-refractivity contribution in [3.05, 3.63) is 48.5 Å². The van der Waals surface area contributed by atoms with E-state index in [0.29, 0.717) is 0 Å². The predicted molar refractivity (Wildman–Crippen MR) is 108 cm³/mol. The van der Waals surface area contributed by atoms with Crippen molar-refractivity contribution in [3.8, 4) is 0 Å². The van der Waals surface area contributed by atoms with Crippen molar-refractivity contribution in [1.29, 1.82) is 0 Å². The molecule has 1 amide bonds. The summed E-state index contributed by atoms with van der Waals surface area (Å²) in [4.78, 5) is 42.2. The van der Waals surface area contributed by atoms with Gasteiger partial charge >= 0.3 is 13.9 Å². The van der Waals surface area contributed by atoms with Gasteiger partial charge in [0.15, 0.2) is 23.2 Å². The van der Waals surface area contributed by atoms with Crippen LogP contribution in [0.1, 0.15) is 18.2 Å². The first-order chi connectivity index (χ1) is 15.3. The van der Waals surface area contributed by atoms with Crippen molar-refractivity contribution in [1.82, 2.24) is 19.5 Å². The Labute approximate surface area is 181 Å². The molecule has 4 rings (SSSR count). The van der Waals surface area contributed by atoms with E-state index in [-0.39, 0.29) is 36.6 Å². The summed E-state index contributed by atoms with van der Waals surface area (Å²) in [7, 11) is -4.66. The van der Waals surface area contributed by atoms with E-state index in [2.05, 4.69) is 24.8 Å². The van der Waals surface area contributed by atoms with Crippen LogP contribution in [0.25, 0.3) is 11.2 Å². The van der Waals surface area contributed by atoms with Crippen molar-refractivity contribution in [2.45, 2.75) is 31.5 Å². The zero-order valence-corrected chi connectivity index (χ0v) is 17.4. The number of imidazole rings is 1. The van der Waals surface area contributed by atoms with Crippen molar-refractivity contribution in [2.24, 2.45) is 0 Å². The number of carbonyl (C=O) groups is 1. The van der Waals surface area contributed by atoms with Gasteiger partial charge in [-0.15, -0.1) is 0 Å². The number of benzene rings is 1. The lowest BCUT2D eigenvalue weighted by Gasteiger charge is -2.17. The van der Waals surface area contributed by atoms with Crippen molar-refractivity contribution < 1.29 is 38.3 Å². The minimum Gasteiger partial charge on any atom is -0.444 e. The molecular formula is C18H20N5O8P. The molecule has 1 fully saturated rings. The highest BCUT2D eigenvalue weighted by Crippen LogP contribution is 2.38. The van der Waals surface area contributed by atoms with Gasteiger partial charge in [-0.3, -0.25) is 14.4 Å². The van der Waals surface area contributed by atoms with E-state index in [0.717, 1.165) is 5.56 Å². The van der Waals surface area contributed by atoms with E-state index in [4.69, 9.17) is 19.3 Å². The van der Waals surface area contributed by atoms with Crippen LogP contribution in [0.5, 0.6) is 0 Å². The van der Waals surface area contributed by atoms with Gasteiger partial charge < -0.3 is 24.4 Å². The van der Waals surface area contributed by atoms with Gasteiger partial charge in [-0.2, -0.15) is 0 Å². The molecule has 4 N–H and O–H groups in total. The van der Waals surface area contributed by atoms with Crippen LogP contribution < -0.4 is 5.32 Å². The number of phosphoric ester groups is 1. The molecule has 13 nitrogen and oxygen atoms in total. The number of hydrogen-bond acceptors (Lipinski definition) is 9. The third-order valence-corrected chi connectivity index (χ3v) is 5.15. The molecule has 0 radical (unpaired) electrons. The third-order valence-electron chi connectivity index (χ3n) is 4.66. The number of hydrogen-bond donors (Lipinski definition) is 4. The number of amides is 1. The lowest BCUT2D eigenvalue weighted by molar-refractivity contribution is -0.0481. The first-order valence-corrected chi connectivity index (χ1v) is 11.0. The zero-order chi connectivity index (χ0) is 22.7. The monoisotopic (exact) mass is 465 g/mol. The van der Waals surface area contributed by atoms with E-state index >= 15 is 0 Å². The SMILES string of the molecule is O=C(Nc1ncnc2c1ncn2[C@@H]1O[C@H](COP(=O)(O)O)C[C@@H]1O)OCc1ccccc1. The van der Waals surface area contributed by atoms with Gasteiger partial charge in [0.05, 0.1) is 19.0 Å². The summed E-state index contributed by atoms with van der Waals surface area (Å²) in [6.07, 6.45) is -0.726. The van der Waals surface area contributed by atoms with Crippen LogP contribution in [0.4, 0.5) is 10.6 Å². The quantitative estimate of drug-likeness (QED) is 0.370. The van der Waals surface area contributed by atoms with E-state index in [1.165, 1.54) is 17.2 Å². The number of rotatable bonds is 7.